The maximum absolute atomic E-state index is 2.70. The summed E-state index contributed by atoms with van der Waals surface area (Å²) in [5, 5.41) is 0. The molecule has 0 radical (unpaired) electrons. The van der Waals surface area contributed by atoms with Gasteiger partial charge in [0.15, 0.2) is 0 Å². The fraction of sp³-hybridized carbons (Fsp3) is 0.471. The number of fused-ring (bicyclic) bond motifs is 6. The molecular formula is C34H39NS. The summed E-state index contributed by atoms with van der Waals surface area (Å²) in [7, 11) is 1.13. The highest BCUT2D eigenvalue weighted by Crippen LogP contribution is 2.71. The van der Waals surface area contributed by atoms with Crippen molar-refractivity contribution in [1.29, 1.82) is 0 Å². The van der Waals surface area contributed by atoms with Crippen LogP contribution in [0, 0.1) is 23.7 Å². The molecule has 0 spiro atoms. The van der Waals surface area contributed by atoms with Crippen molar-refractivity contribution in [2.45, 2.75) is 67.1 Å². The van der Waals surface area contributed by atoms with Gasteiger partial charge in [0.2, 0.25) is 0 Å². The van der Waals surface area contributed by atoms with Crippen LogP contribution in [0.3, 0.4) is 0 Å². The highest BCUT2D eigenvalue weighted by Gasteiger charge is 2.49. The highest BCUT2D eigenvalue weighted by molar-refractivity contribution is 8.33. The lowest BCUT2D eigenvalue weighted by Crippen LogP contribution is -2.43. The first-order valence-electron chi connectivity index (χ1n) is 14.1. The van der Waals surface area contributed by atoms with Crippen molar-refractivity contribution in [3.63, 3.8) is 0 Å². The van der Waals surface area contributed by atoms with Gasteiger partial charge in [-0.2, -0.15) is 10.0 Å². The van der Waals surface area contributed by atoms with Crippen LogP contribution in [-0.4, -0.2) is 19.6 Å². The number of hydrogen-bond acceptors (Lipinski definition) is 1. The average molecular weight is 494 g/mol. The fourth-order valence-electron chi connectivity index (χ4n) is 9.73. The third-order valence-corrected chi connectivity index (χ3v) is 13.9. The van der Waals surface area contributed by atoms with E-state index in [1.807, 2.05) is 0 Å². The van der Waals surface area contributed by atoms with Crippen LogP contribution in [0.2, 0.25) is 0 Å². The van der Waals surface area contributed by atoms with Crippen LogP contribution in [0.5, 0.6) is 0 Å². The normalized spacial score (nSPS) is 32.5. The van der Waals surface area contributed by atoms with Gasteiger partial charge in [0, 0.05) is 22.3 Å². The molecule has 9 rings (SSSR count). The fourth-order valence-corrected chi connectivity index (χ4v) is 12.7. The Morgan fingerprint density at radius 3 is 2.17 bits per heavy atom. The second-order valence-electron chi connectivity index (χ2n) is 13.6. The molecule has 3 aromatic rings. The van der Waals surface area contributed by atoms with Crippen molar-refractivity contribution in [2.24, 2.45) is 23.7 Å². The van der Waals surface area contributed by atoms with Crippen molar-refractivity contribution in [2.75, 3.05) is 24.5 Å². The molecule has 4 saturated carbocycles. The van der Waals surface area contributed by atoms with Crippen molar-refractivity contribution in [1.82, 2.24) is 0 Å². The van der Waals surface area contributed by atoms with Gasteiger partial charge in [0.25, 0.3) is 0 Å². The van der Waals surface area contributed by atoms with Gasteiger partial charge in [-0.15, -0.1) is 0 Å². The highest BCUT2D eigenvalue weighted by atomic mass is 32.3. The van der Waals surface area contributed by atoms with Crippen LogP contribution < -0.4 is 4.90 Å². The molecule has 2 heteroatoms. The molecule has 1 aliphatic heterocycles. The lowest BCUT2D eigenvalue weighted by Gasteiger charge is -2.55. The monoisotopic (exact) mass is 493 g/mol. The minimum atomic E-state index is -1.18. The molecule has 0 saturated heterocycles. The van der Waals surface area contributed by atoms with Crippen molar-refractivity contribution >= 4 is 21.4 Å². The maximum Gasteiger partial charge on any atom is 0.0538 e. The van der Waals surface area contributed by atoms with Gasteiger partial charge in [-0.1, -0.05) is 50.2 Å². The van der Waals surface area contributed by atoms with Crippen molar-refractivity contribution in [3.8, 4) is 11.1 Å². The number of anilines is 2. The maximum atomic E-state index is 2.70. The van der Waals surface area contributed by atoms with E-state index in [0.29, 0.717) is 0 Å². The molecule has 5 aliphatic carbocycles. The van der Waals surface area contributed by atoms with Gasteiger partial charge in [-0.25, -0.2) is 0 Å². The Labute approximate surface area is 218 Å². The van der Waals surface area contributed by atoms with E-state index >= 15 is 0 Å². The molecule has 0 atom stereocenters. The molecule has 0 aromatic heterocycles. The Hall–Kier alpha value is -2.19. The molecule has 1 nitrogen and oxygen atoms in total. The summed E-state index contributed by atoms with van der Waals surface area (Å²) in [6.45, 7) is 4.90. The second-order valence-corrected chi connectivity index (χ2v) is 17.1. The quantitative estimate of drug-likeness (QED) is 0.327. The third kappa shape index (κ3) is 2.65. The molecule has 1 heterocycles. The molecule has 36 heavy (non-hydrogen) atoms. The molecular weight excluding hydrogens is 454 g/mol. The smallest absolute Gasteiger partial charge is 0.0538 e. The van der Waals surface area contributed by atoms with Crippen LogP contribution in [0.15, 0.2) is 64.4 Å². The van der Waals surface area contributed by atoms with Crippen LogP contribution >= 0.6 is 10.0 Å². The number of hydrogen-bond donors (Lipinski definition) is 0. The lowest BCUT2D eigenvalue weighted by atomic mass is 9.51. The molecule has 186 valence electrons. The van der Waals surface area contributed by atoms with Gasteiger partial charge in [-0.05, 0) is 120 Å². The predicted octanol–water partition coefficient (Wildman–Crippen LogP) is 9.10. The molecule has 3 aromatic carbocycles. The van der Waals surface area contributed by atoms with Crippen molar-refractivity contribution in [3.05, 3.63) is 71.3 Å². The second kappa shape index (κ2) is 7.01. The predicted molar refractivity (Wildman–Crippen MR) is 154 cm³/mol. The number of nitrogens with zero attached hydrogens (tertiary/aromatic N) is 1. The van der Waals surface area contributed by atoms with Gasteiger partial charge >= 0.3 is 0 Å². The van der Waals surface area contributed by atoms with E-state index < -0.39 is 10.0 Å². The largest absolute Gasteiger partial charge is 0.343 e. The zero-order chi connectivity index (χ0) is 24.6. The van der Waals surface area contributed by atoms with Gasteiger partial charge in [0.05, 0.1) is 11.4 Å². The Morgan fingerprint density at radius 1 is 0.778 bits per heavy atom. The van der Waals surface area contributed by atoms with E-state index in [-0.39, 0.29) is 5.41 Å². The Morgan fingerprint density at radius 2 is 1.44 bits per heavy atom. The standard InChI is InChI=1S/C34H39NS/c1-34(2)27-9-7-6-8-25(27)26-11-13-29-33(32(26)34)36(4,5)30-19-22(10-12-28(30)35(29)3)31-23-15-20-14-21(17-23)18-24(31)16-20/h6-13,19-21,23-24,31H,14-18H2,1-5H3. The van der Waals surface area contributed by atoms with Gasteiger partial charge < -0.3 is 4.90 Å². The summed E-state index contributed by atoms with van der Waals surface area (Å²) in [5.74, 6) is 4.74. The van der Waals surface area contributed by atoms with Crippen LogP contribution in [-0.2, 0) is 5.41 Å². The zero-order valence-corrected chi connectivity index (χ0v) is 23.3. The molecule has 6 aliphatic rings. The van der Waals surface area contributed by atoms with E-state index in [1.54, 1.807) is 20.9 Å². The summed E-state index contributed by atoms with van der Waals surface area (Å²) in [6, 6.07) is 21.6. The Balaban J connectivity index is 1.30. The molecule has 4 fully saturated rings. The van der Waals surface area contributed by atoms with Crippen molar-refractivity contribution < 1.29 is 0 Å². The number of benzene rings is 3. The minimum absolute atomic E-state index is 0.0267. The summed E-state index contributed by atoms with van der Waals surface area (Å²) >= 11 is 0. The Bertz CT molecular complexity index is 1400. The van der Waals surface area contributed by atoms with E-state index in [0.717, 1.165) is 29.6 Å². The van der Waals surface area contributed by atoms with E-state index in [1.165, 1.54) is 60.2 Å². The number of rotatable bonds is 1. The summed E-state index contributed by atoms with van der Waals surface area (Å²) in [6.07, 6.45) is 12.7. The zero-order valence-electron chi connectivity index (χ0n) is 22.5. The topological polar surface area (TPSA) is 3.24 Å². The summed E-state index contributed by atoms with van der Waals surface area (Å²) in [5.41, 5.74) is 10.5. The van der Waals surface area contributed by atoms with Crippen LogP contribution in [0.25, 0.3) is 11.1 Å². The van der Waals surface area contributed by atoms with Crippen LogP contribution in [0.4, 0.5) is 11.4 Å². The van der Waals surface area contributed by atoms with E-state index in [2.05, 4.69) is 92.9 Å². The summed E-state index contributed by atoms with van der Waals surface area (Å²) in [4.78, 5) is 5.74. The first-order valence-corrected chi connectivity index (χ1v) is 16.6. The lowest BCUT2D eigenvalue weighted by molar-refractivity contribution is -0.00283. The van der Waals surface area contributed by atoms with Gasteiger partial charge in [-0.3, -0.25) is 0 Å². The first kappa shape index (κ1) is 21.9. The van der Waals surface area contributed by atoms with E-state index in [9.17, 15) is 0 Å². The first-order chi connectivity index (χ1) is 17.2. The van der Waals surface area contributed by atoms with Gasteiger partial charge in [0.1, 0.15) is 0 Å². The molecule has 4 bridgehead atoms. The molecule has 0 amide bonds. The summed E-state index contributed by atoms with van der Waals surface area (Å²) < 4.78 is 0. The SMILES string of the molecule is CN1c2ccc(C3C4CC5CC(C4)CC3C5)cc2S(C)(C)c2c1ccc1c2C(C)(C)c2ccccc2-1. The van der Waals surface area contributed by atoms with Crippen LogP contribution in [0.1, 0.15) is 68.6 Å². The molecule has 0 N–H and O–H groups in total. The molecule has 0 unspecified atom stereocenters. The third-order valence-electron chi connectivity index (χ3n) is 11.0. The van der Waals surface area contributed by atoms with E-state index in [4.69, 9.17) is 0 Å². The minimum Gasteiger partial charge on any atom is -0.343 e. The Kier molecular flexibility index (Phi) is 4.26. The average Bonchev–Trinajstić information content (AvgIpc) is 3.09.